The highest BCUT2D eigenvalue weighted by Crippen LogP contribution is 2.27. The van der Waals surface area contributed by atoms with Crippen molar-refractivity contribution < 1.29 is 4.79 Å². The fourth-order valence-corrected chi connectivity index (χ4v) is 2.61. The van der Waals surface area contributed by atoms with Gasteiger partial charge in [-0.3, -0.25) is 4.79 Å². The van der Waals surface area contributed by atoms with Crippen molar-refractivity contribution in [3.05, 3.63) is 58.6 Å². The Hall–Kier alpha value is -1.65. The van der Waals surface area contributed by atoms with E-state index in [1.54, 1.807) is 23.9 Å². The summed E-state index contributed by atoms with van der Waals surface area (Å²) in [7, 11) is 0. The number of nitrogens with two attached hydrogens (primary N) is 2. The normalized spacial score (nSPS) is 10.4. The van der Waals surface area contributed by atoms with Gasteiger partial charge in [-0.1, -0.05) is 17.7 Å². The standard InChI is InChI=1S/C14H13ClN2OS/c15-11-3-5-12(6-4-11)19-8-10-2-1-9(14(17)18)7-13(10)16/h1-7H,8,16H2,(H2,17,18). The largest absolute Gasteiger partial charge is 0.398 e. The maximum Gasteiger partial charge on any atom is 0.248 e. The van der Waals surface area contributed by atoms with Crippen LogP contribution >= 0.6 is 23.4 Å². The number of hydrogen-bond acceptors (Lipinski definition) is 3. The van der Waals surface area contributed by atoms with Crippen LogP contribution in [0.2, 0.25) is 5.02 Å². The van der Waals surface area contributed by atoms with Crippen molar-refractivity contribution in [3.63, 3.8) is 0 Å². The molecule has 2 aromatic carbocycles. The first kappa shape index (κ1) is 13.8. The molecule has 0 unspecified atom stereocenters. The number of thioether (sulfide) groups is 1. The fourth-order valence-electron chi connectivity index (χ4n) is 1.57. The van der Waals surface area contributed by atoms with E-state index in [1.807, 2.05) is 30.3 Å². The number of carbonyl (C=O) groups excluding carboxylic acids is 1. The third-order valence-corrected chi connectivity index (χ3v) is 3.95. The number of carbonyl (C=O) groups is 1. The monoisotopic (exact) mass is 292 g/mol. The third kappa shape index (κ3) is 3.66. The number of nitrogen functional groups attached to an aromatic ring is 1. The SMILES string of the molecule is NC(=O)c1ccc(CSc2ccc(Cl)cc2)c(N)c1. The lowest BCUT2D eigenvalue weighted by atomic mass is 10.1. The summed E-state index contributed by atoms with van der Waals surface area (Å²) in [6, 6.07) is 12.8. The van der Waals surface area contributed by atoms with Crippen LogP contribution in [-0.4, -0.2) is 5.91 Å². The molecular weight excluding hydrogens is 280 g/mol. The van der Waals surface area contributed by atoms with Crippen LogP contribution in [0.1, 0.15) is 15.9 Å². The Morgan fingerprint density at radius 2 is 1.84 bits per heavy atom. The van der Waals surface area contributed by atoms with Gasteiger partial charge in [0.2, 0.25) is 5.91 Å². The molecular formula is C14H13ClN2OS. The zero-order valence-corrected chi connectivity index (χ0v) is 11.7. The van der Waals surface area contributed by atoms with E-state index in [1.165, 1.54) is 0 Å². The number of halogens is 1. The fraction of sp³-hybridized carbons (Fsp3) is 0.0714. The molecule has 4 N–H and O–H groups in total. The minimum atomic E-state index is -0.469. The molecule has 0 radical (unpaired) electrons. The van der Waals surface area contributed by atoms with Crippen LogP contribution in [0.15, 0.2) is 47.4 Å². The van der Waals surface area contributed by atoms with Crippen LogP contribution in [0.3, 0.4) is 0 Å². The zero-order chi connectivity index (χ0) is 13.8. The lowest BCUT2D eigenvalue weighted by Gasteiger charge is -2.07. The van der Waals surface area contributed by atoms with E-state index in [-0.39, 0.29) is 0 Å². The molecule has 0 spiro atoms. The number of anilines is 1. The van der Waals surface area contributed by atoms with Gasteiger partial charge in [0.15, 0.2) is 0 Å². The molecule has 2 aromatic rings. The maximum absolute atomic E-state index is 11.0. The summed E-state index contributed by atoms with van der Waals surface area (Å²) in [6.07, 6.45) is 0. The molecule has 0 saturated heterocycles. The predicted molar refractivity (Wildman–Crippen MR) is 80.4 cm³/mol. The quantitative estimate of drug-likeness (QED) is 0.671. The van der Waals surface area contributed by atoms with E-state index in [0.717, 1.165) is 21.2 Å². The second kappa shape index (κ2) is 5.99. The van der Waals surface area contributed by atoms with Crippen molar-refractivity contribution in [2.24, 2.45) is 5.73 Å². The number of rotatable bonds is 4. The second-order valence-electron chi connectivity index (χ2n) is 4.02. The van der Waals surface area contributed by atoms with Crippen molar-refractivity contribution in [1.82, 2.24) is 0 Å². The number of benzene rings is 2. The van der Waals surface area contributed by atoms with Crippen molar-refractivity contribution in [2.75, 3.05) is 5.73 Å². The molecule has 3 nitrogen and oxygen atoms in total. The van der Waals surface area contributed by atoms with Gasteiger partial charge in [-0.25, -0.2) is 0 Å². The molecule has 0 fully saturated rings. The molecule has 1 amide bonds. The topological polar surface area (TPSA) is 69.1 Å². The number of amides is 1. The molecule has 0 bridgehead atoms. The minimum absolute atomic E-state index is 0.428. The first-order chi connectivity index (χ1) is 9.06. The van der Waals surface area contributed by atoms with E-state index in [9.17, 15) is 4.79 Å². The predicted octanol–water partition coefficient (Wildman–Crippen LogP) is 3.31. The van der Waals surface area contributed by atoms with Crippen LogP contribution < -0.4 is 11.5 Å². The molecule has 0 heterocycles. The summed E-state index contributed by atoms with van der Waals surface area (Å²) < 4.78 is 0. The van der Waals surface area contributed by atoms with E-state index in [4.69, 9.17) is 23.1 Å². The zero-order valence-electron chi connectivity index (χ0n) is 10.1. The van der Waals surface area contributed by atoms with Gasteiger partial charge < -0.3 is 11.5 Å². The molecule has 98 valence electrons. The van der Waals surface area contributed by atoms with E-state index in [0.29, 0.717) is 11.3 Å². The Balaban J connectivity index is 2.07. The van der Waals surface area contributed by atoms with E-state index >= 15 is 0 Å². The van der Waals surface area contributed by atoms with Crippen molar-refractivity contribution in [2.45, 2.75) is 10.6 Å². The summed E-state index contributed by atoms with van der Waals surface area (Å²) in [5.41, 5.74) is 13.1. The molecule has 0 atom stereocenters. The van der Waals surface area contributed by atoms with Crippen LogP contribution in [-0.2, 0) is 5.75 Å². The van der Waals surface area contributed by atoms with E-state index in [2.05, 4.69) is 0 Å². The second-order valence-corrected chi connectivity index (χ2v) is 5.51. The molecule has 5 heteroatoms. The molecule has 0 aliphatic heterocycles. The first-order valence-electron chi connectivity index (χ1n) is 5.63. The van der Waals surface area contributed by atoms with Crippen LogP contribution in [0.4, 0.5) is 5.69 Å². The van der Waals surface area contributed by atoms with E-state index < -0.39 is 5.91 Å². The lowest BCUT2D eigenvalue weighted by molar-refractivity contribution is 0.100. The molecule has 0 aliphatic carbocycles. The lowest BCUT2D eigenvalue weighted by Crippen LogP contribution is -2.11. The minimum Gasteiger partial charge on any atom is -0.398 e. The average Bonchev–Trinajstić information content (AvgIpc) is 2.39. The van der Waals surface area contributed by atoms with Gasteiger partial charge in [-0.05, 0) is 42.0 Å². The van der Waals surface area contributed by atoms with Crippen LogP contribution in [0.25, 0.3) is 0 Å². The summed E-state index contributed by atoms with van der Waals surface area (Å²) >= 11 is 7.48. The third-order valence-electron chi connectivity index (χ3n) is 2.64. The molecule has 0 saturated carbocycles. The molecule has 19 heavy (non-hydrogen) atoms. The molecule has 0 aromatic heterocycles. The number of hydrogen-bond donors (Lipinski definition) is 2. The highest BCUT2D eigenvalue weighted by atomic mass is 35.5. The van der Waals surface area contributed by atoms with Gasteiger partial charge in [0.25, 0.3) is 0 Å². The van der Waals surface area contributed by atoms with Gasteiger partial charge >= 0.3 is 0 Å². The summed E-state index contributed by atoms with van der Waals surface area (Å²) in [4.78, 5) is 12.1. The van der Waals surface area contributed by atoms with Gasteiger partial charge in [0, 0.05) is 26.9 Å². The van der Waals surface area contributed by atoms with Crippen LogP contribution in [0, 0.1) is 0 Å². The Morgan fingerprint density at radius 1 is 1.16 bits per heavy atom. The summed E-state index contributed by atoms with van der Waals surface area (Å²) in [5.74, 6) is 0.260. The molecule has 2 rings (SSSR count). The van der Waals surface area contributed by atoms with Crippen molar-refractivity contribution >= 4 is 35.0 Å². The van der Waals surface area contributed by atoms with Gasteiger partial charge in [-0.15, -0.1) is 11.8 Å². The summed E-state index contributed by atoms with van der Waals surface area (Å²) in [6.45, 7) is 0. The summed E-state index contributed by atoms with van der Waals surface area (Å²) in [5, 5.41) is 0.717. The van der Waals surface area contributed by atoms with Gasteiger partial charge in [0.1, 0.15) is 0 Å². The first-order valence-corrected chi connectivity index (χ1v) is 6.99. The highest BCUT2D eigenvalue weighted by molar-refractivity contribution is 7.98. The average molecular weight is 293 g/mol. The van der Waals surface area contributed by atoms with Gasteiger partial charge in [-0.2, -0.15) is 0 Å². The smallest absolute Gasteiger partial charge is 0.248 e. The highest BCUT2D eigenvalue weighted by Gasteiger charge is 2.05. The van der Waals surface area contributed by atoms with Crippen LogP contribution in [0.5, 0.6) is 0 Å². The van der Waals surface area contributed by atoms with Gasteiger partial charge in [0.05, 0.1) is 0 Å². The van der Waals surface area contributed by atoms with Crippen molar-refractivity contribution in [3.8, 4) is 0 Å². The number of primary amides is 1. The maximum atomic E-state index is 11.0. The Morgan fingerprint density at radius 3 is 2.42 bits per heavy atom. The molecule has 0 aliphatic rings. The van der Waals surface area contributed by atoms with Crippen molar-refractivity contribution in [1.29, 1.82) is 0 Å². The Bertz CT molecular complexity index is 599. The Labute approximate surface area is 120 Å². The Kier molecular flexibility index (Phi) is 4.35.